The summed E-state index contributed by atoms with van der Waals surface area (Å²) in [5.41, 5.74) is 0.949. The normalized spacial score (nSPS) is 9.95. The SMILES string of the molecule is COC(=O)c1ccccc1Sc1ncccc1C=O. The van der Waals surface area contributed by atoms with Crippen LogP contribution in [0.2, 0.25) is 0 Å². The third-order valence-electron chi connectivity index (χ3n) is 2.43. The molecule has 0 atom stereocenters. The number of nitrogens with zero attached hydrogens (tertiary/aromatic N) is 1. The molecule has 5 heteroatoms. The molecule has 0 bridgehead atoms. The van der Waals surface area contributed by atoms with Gasteiger partial charge in [-0.2, -0.15) is 0 Å². The Bertz CT molecular complexity index is 613. The zero-order valence-electron chi connectivity index (χ0n) is 10.2. The van der Waals surface area contributed by atoms with Crippen LogP contribution in [0.3, 0.4) is 0 Å². The molecule has 0 aliphatic carbocycles. The van der Waals surface area contributed by atoms with Gasteiger partial charge in [0.1, 0.15) is 5.03 Å². The number of carbonyl (C=O) groups is 2. The van der Waals surface area contributed by atoms with E-state index in [1.807, 2.05) is 6.07 Å². The second-order valence-electron chi connectivity index (χ2n) is 3.61. The number of aldehydes is 1. The van der Waals surface area contributed by atoms with Crippen molar-refractivity contribution < 1.29 is 14.3 Å². The Morgan fingerprint density at radius 2 is 2.05 bits per heavy atom. The Hall–Kier alpha value is -2.14. The highest BCUT2D eigenvalue weighted by Gasteiger charge is 2.13. The van der Waals surface area contributed by atoms with Crippen molar-refractivity contribution in [3.63, 3.8) is 0 Å². The second kappa shape index (κ2) is 6.15. The van der Waals surface area contributed by atoms with Gasteiger partial charge in [0.2, 0.25) is 0 Å². The van der Waals surface area contributed by atoms with Crippen molar-refractivity contribution in [3.05, 3.63) is 53.7 Å². The van der Waals surface area contributed by atoms with Gasteiger partial charge < -0.3 is 4.74 Å². The molecule has 0 aliphatic rings. The molecule has 0 saturated heterocycles. The highest BCUT2D eigenvalue weighted by Crippen LogP contribution is 2.30. The van der Waals surface area contributed by atoms with Crippen molar-refractivity contribution in [3.8, 4) is 0 Å². The molecule has 0 amide bonds. The van der Waals surface area contributed by atoms with Crippen molar-refractivity contribution in [1.29, 1.82) is 0 Å². The summed E-state index contributed by atoms with van der Waals surface area (Å²) < 4.78 is 4.73. The zero-order valence-corrected chi connectivity index (χ0v) is 11.0. The molecule has 0 N–H and O–H groups in total. The Balaban J connectivity index is 2.38. The fourth-order valence-electron chi connectivity index (χ4n) is 1.52. The molecule has 1 heterocycles. The predicted octanol–water partition coefficient (Wildman–Crippen LogP) is 2.83. The van der Waals surface area contributed by atoms with Crippen LogP contribution in [0, 0.1) is 0 Å². The van der Waals surface area contributed by atoms with Crippen LogP contribution in [0.5, 0.6) is 0 Å². The first kappa shape index (κ1) is 13.3. The quantitative estimate of drug-likeness (QED) is 0.633. The molecule has 1 aromatic heterocycles. The number of hydrogen-bond acceptors (Lipinski definition) is 5. The van der Waals surface area contributed by atoms with Gasteiger partial charge in [-0.25, -0.2) is 9.78 Å². The van der Waals surface area contributed by atoms with Crippen molar-refractivity contribution in [1.82, 2.24) is 4.98 Å². The van der Waals surface area contributed by atoms with Crippen LogP contribution in [0.15, 0.2) is 52.5 Å². The lowest BCUT2D eigenvalue weighted by molar-refractivity contribution is 0.0596. The van der Waals surface area contributed by atoms with Crippen molar-refractivity contribution >= 4 is 24.0 Å². The van der Waals surface area contributed by atoms with E-state index in [0.717, 1.165) is 6.29 Å². The van der Waals surface area contributed by atoms with E-state index < -0.39 is 5.97 Å². The van der Waals surface area contributed by atoms with Crippen LogP contribution < -0.4 is 0 Å². The summed E-state index contributed by atoms with van der Waals surface area (Å²) >= 11 is 1.27. The van der Waals surface area contributed by atoms with Gasteiger partial charge in [0.15, 0.2) is 6.29 Å². The van der Waals surface area contributed by atoms with E-state index in [1.54, 1.807) is 36.5 Å². The zero-order chi connectivity index (χ0) is 13.7. The summed E-state index contributed by atoms with van der Waals surface area (Å²) in [6, 6.07) is 10.4. The summed E-state index contributed by atoms with van der Waals surface area (Å²) in [7, 11) is 1.33. The lowest BCUT2D eigenvalue weighted by Gasteiger charge is -2.07. The number of aromatic nitrogens is 1. The highest BCUT2D eigenvalue weighted by molar-refractivity contribution is 7.99. The number of carbonyl (C=O) groups excluding carboxylic acids is 2. The maximum atomic E-state index is 11.7. The largest absolute Gasteiger partial charge is 0.465 e. The summed E-state index contributed by atoms with van der Waals surface area (Å²) in [5.74, 6) is -0.410. The first-order valence-corrected chi connectivity index (χ1v) is 6.33. The van der Waals surface area contributed by atoms with Gasteiger partial charge in [0, 0.05) is 16.7 Å². The molecule has 4 nitrogen and oxygen atoms in total. The molecule has 0 saturated carbocycles. The number of ether oxygens (including phenoxy) is 1. The molecule has 0 aliphatic heterocycles. The summed E-state index contributed by atoms with van der Waals surface area (Å²) in [5, 5.41) is 0.564. The summed E-state index contributed by atoms with van der Waals surface area (Å²) in [6.45, 7) is 0. The predicted molar refractivity (Wildman–Crippen MR) is 71.5 cm³/mol. The van der Waals surface area contributed by atoms with E-state index in [1.165, 1.54) is 18.9 Å². The topological polar surface area (TPSA) is 56.3 Å². The van der Waals surface area contributed by atoms with Crippen molar-refractivity contribution in [2.45, 2.75) is 9.92 Å². The lowest BCUT2D eigenvalue weighted by atomic mass is 10.2. The standard InChI is InChI=1S/C14H11NO3S/c1-18-14(17)11-6-2-3-7-12(11)19-13-10(9-16)5-4-8-15-13/h2-9H,1H3. The molecular formula is C14H11NO3S. The number of methoxy groups -OCH3 is 1. The maximum absolute atomic E-state index is 11.7. The van der Waals surface area contributed by atoms with Crippen LogP contribution >= 0.6 is 11.8 Å². The molecular weight excluding hydrogens is 262 g/mol. The number of esters is 1. The van der Waals surface area contributed by atoms with Crippen LogP contribution in [-0.2, 0) is 4.74 Å². The first-order valence-electron chi connectivity index (χ1n) is 5.51. The molecule has 0 radical (unpaired) electrons. The van der Waals surface area contributed by atoms with Crippen molar-refractivity contribution in [2.75, 3.05) is 7.11 Å². The first-order chi connectivity index (χ1) is 9.26. The van der Waals surface area contributed by atoms with Gasteiger partial charge in [-0.05, 0) is 24.3 Å². The van der Waals surface area contributed by atoms with E-state index in [4.69, 9.17) is 4.74 Å². The van der Waals surface area contributed by atoms with Gasteiger partial charge in [-0.3, -0.25) is 4.79 Å². The Morgan fingerprint density at radius 3 is 2.79 bits per heavy atom. The Kier molecular flexibility index (Phi) is 4.30. The number of rotatable bonds is 4. The number of hydrogen-bond donors (Lipinski definition) is 0. The molecule has 0 fully saturated rings. The van der Waals surface area contributed by atoms with Gasteiger partial charge in [-0.15, -0.1) is 0 Å². The van der Waals surface area contributed by atoms with Crippen LogP contribution in [-0.4, -0.2) is 24.3 Å². The number of pyridine rings is 1. The molecule has 19 heavy (non-hydrogen) atoms. The summed E-state index contributed by atoms with van der Waals surface area (Å²) in [6.07, 6.45) is 2.35. The van der Waals surface area contributed by atoms with E-state index in [0.29, 0.717) is 21.0 Å². The third kappa shape index (κ3) is 3.00. The van der Waals surface area contributed by atoms with Gasteiger partial charge in [0.05, 0.1) is 12.7 Å². The maximum Gasteiger partial charge on any atom is 0.339 e. The van der Waals surface area contributed by atoms with Crippen LogP contribution in [0.1, 0.15) is 20.7 Å². The van der Waals surface area contributed by atoms with Gasteiger partial charge in [0.25, 0.3) is 0 Å². The Labute approximate surface area is 114 Å². The lowest BCUT2D eigenvalue weighted by Crippen LogP contribution is -2.03. The van der Waals surface area contributed by atoms with E-state index >= 15 is 0 Å². The highest BCUT2D eigenvalue weighted by atomic mass is 32.2. The van der Waals surface area contributed by atoms with E-state index in [2.05, 4.69) is 4.98 Å². The van der Waals surface area contributed by atoms with Crippen LogP contribution in [0.25, 0.3) is 0 Å². The van der Waals surface area contributed by atoms with Gasteiger partial charge >= 0.3 is 5.97 Å². The minimum atomic E-state index is -0.410. The van der Waals surface area contributed by atoms with E-state index in [-0.39, 0.29) is 0 Å². The molecule has 0 unspecified atom stereocenters. The molecule has 96 valence electrons. The van der Waals surface area contributed by atoms with Crippen molar-refractivity contribution in [2.24, 2.45) is 0 Å². The molecule has 2 aromatic rings. The minimum absolute atomic E-state index is 0.410. The molecule has 2 rings (SSSR count). The average molecular weight is 273 g/mol. The molecule has 0 spiro atoms. The number of benzene rings is 1. The minimum Gasteiger partial charge on any atom is -0.465 e. The van der Waals surface area contributed by atoms with Crippen LogP contribution in [0.4, 0.5) is 0 Å². The fourth-order valence-corrected chi connectivity index (χ4v) is 2.48. The van der Waals surface area contributed by atoms with E-state index in [9.17, 15) is 9.59 Å². The average Bonchev–Trinajstić information content (AvgIpc) is 2.47. The monoisotopic (exact) mass is 273 g/mol. The Morgan fingerprint density at radius 1 is 1.26 bits per heavy atom. The summed E-state index contributed by atoms with van der Waals surface area (Å²) in [4.78, 5) is 27.5. The van der Waals surface area contributed by atoms with Gasteiger partial charge in [-0.1, -0.05) is 23.9 Å². The second-order valence-corrected chi connectivity index (χ2v) is 4.64. The fraction of sp³-hybridized carbons (Fsp3) is 0.0714. The molecule has 1 aromatic carbocycles. The smallest absolute Gasteiger partial charge is 0.339 e. The third-order valence-corrected chi connectivity index (χ3v) is 3.54.